The van der Waals surface area contributed by atoms with E-state index in [-0.39, 0.29) is 5.91 Å². The zero-order valence-corrected chi connectivity index (χ0v) is 14.5. The highest BCUT2D eigenvalue weighted by Gasteiger charge is 2.24. The van der Waals surface area contributed by atoms with Crippen LogP contribution in [0.15, 0.2) is 47.1 Å². The monoisotopic (exact) mass is 340 g/mol. The summed E-state index contributed by atoms with van der Waals surface area (Å²) in [4.78, 5) is 15.0. The quantitative estimate of drug-likeness (QED) is 0.728. The van der Waals surface area contributed by atoms with Crippen LogP contribution in [0.4, 0.5) is 0 Å². The lowest BCUT2D eigenvalue weighted by atomic mass is 10.1. The normalized spacial score (nSPS) is 15.1. The van der Waals surface area contributed by atoms with Gasteiger partial charge >= 0.3 is 0 Å². The van der Waals surface area contributed by atoms with E-state index in [2.05, 4.69) is 23.6 Å². The number of thioether (sulfide) groups is 1. The topological polar surface area (TPSA) is 38.4 Å². The Morgan fingerprint density at radius 3 is 2.79 bits per heavy atom. The van der Waals surface area contributed by atoms with Gasteiger partial charge in [-0.15, -0.1) is 0 Å². The van der Waals surface area contributed by atoms with E-state index >= 15 is 0 Å². The molecule has 24 heavy (non-hydrogen) atoms. The van der Waals surface area contributed by atoms with Crippen molar-refractivity contribution in [3.63, 3.8) is 0 Å². The van der Waals surface area contributed by atoms with Gasteiger partial charge in [0.2, 0.25) is 0 Å². The number of furan rings is 1. The highest BCUT2D eigenvalue weighted by atomic mass is 32.2. The molecule has 4 rings (SSSR count). The van der Waals surface area contributed by atoms with Crippen molar-refractivity contribution < 1.29 is 9.21 Å². The van der Waals surface area contributed by atoms with E-state index in [0.717, 1.165) is 41.4 Å². The summed E-state index contributed by atoms with van der Waals surface area (Å²) in [6.07, 6.45) is 1.69. The number of benzene rings is 1. The van der Waals surface area contributed by atoms with Gasteiger partial charge in [0.25, 0.3) is 5.91 Å². The minimum atomic E-state index is 0.107. The molecule has 1 aliphatic rings. The van der Waals surface area contributed by atoms with Gasteiger partial charge in [-0.2, -0.15) is 11.8 Å². The molecule has 1 amide bonds. The summed E-state index contributed by atoms with van der Waals surface area (Å²) in [7, 11) is 0. The van der Waals surface area contributed by atoms with Crippen LogP contribution in [0.5, 0.6) is 0 Å². The lowest BCUT2D eigenvalue weighted by Crippen LogP contribution is -2.38. The average Bonchev–Trinajstić information content (AvgIpc) is 3.19. The number of nitrogens with zero attached hydrogens (tertiary/aromatic N) is 2. The second-order valence-corrected chi connectivity index (χ2v) is 7.34. The Bertz CT molecular complexity index is 875. The van der Waals surface area contributed by atoms with Crippen LogP contribution in [0.2, 0.25) is 0 Å². The van der Waals surface area contributed by atoms with Crippen molar-refractivity contribution in [2.45, 2.75) is 13.5 Å². The van der Waals surface area contributed by atoms with Crippen LogP contribution < -0.4 is 0 Å². The molecule has 0 radical (unpaired) electrons. The van der Waals surface area contributed by atoms with E-state index in [9.17, 15) is 4.79 Å². The van der Waals surface area contributed by atoms with Crippen molar-refractivity contribution in [1.29, 1.82) is 0 Å². The Morgan fingerprint density at radius 2 is 2.00 bits per heavy atom. The second-order valence-electron chi connectivity index (χ2n) is 6.12. The van der Waals surface area contributed by atoms with Gasteiger partial charge in [-0.1, -0.05) is 24.3 Å². The first-order valence-corrected chi connectivity index (χ1v) is 9.38. The van der Waals surface area contributed by atoms with E-state index in [4.69, 9.17) is 4.42 Å². The van der Waals surface area contributed by atoms with Crippen LogP contribution in [-0.2, 0) is 6.54 Å². The fourth-order valence-corrected chi connectivity index (χ4v) is 4.11. The number of aromatic nitrogens is 1. The maximum absolute atomic E-state index is 13.0. The van der Waals surface area contributed by atoms with Crippen molar-refractivity contribution in [1.82, 2.24) is 9.47 Å². The highest BCUT2D eigenvalue weighted by molar-refractivity contribution is 7.99. The zero-order chi connectivity index (χ0) is 16.5. The molecule has 0 spiro atoms. The molecule has 124 valence electrons. The Labute approximate surface area is 145 Å². The number of carbonyl (C=O) groups excluding carboxylic acids is 1. The zero-order valence-electron chi connectivity index (χ0n) is 13.7. The molecular formula is C19H20N2O2S. The predicted molar refractivity (Wildman–Crippen MR) is 97.7 cm³/mol. The van der Waals surface area contributed by atoms with Crippen molar-refractivity contribution >= 4 is 28.8 Å². The van der Waals surface area contributed by atoms with E-state index in [1.54, 1.807) is 6.26 Å². The van der Waals surface area contributed by atoms with Gasteiger partial charge in [0.1, 0.15) is 5.69 Å². The fourth-order valence-electron chi connectivity index (χ4n) is 3.21. The molecule has 1 saturated heterocycles. The molecule has 1 aliphatic heterocycles. The minimum Gasteiger partial charge on any atom is -0.463 e. The van der Waals surface area contributed by atoms with Crippen LogP contribution in [0.3, 0.4) is 0 Å². The van der Waals surface area contributed by atoms with E-state index in [0.29, 0.717) is 6.54 Å². The summed E-state index contributed by atoms with van der Waals surface area (Å²) < 4.78 is 7.64. The van der Waals surface area contributed by atoms with Crippen molar-refractivity contribution in [2.75, 3.05) is 24.6 Å². The number of hydrogen-bond donors (Lipinski definition) is 0. The Balaban J connectivity index is 1.74. The largest absolute Gasteiger partial charge is 0.463 e. The maximum atomic E-state index is 13.0. The third-order valence-electron chi connectivity index (χ3n) is 4.63. The number of fused-ring (bicyclic) bond motifs is 1. The number of aryl methyl sites for hydroxylation is 1. The van der Waals surface area contributed by atoms with Crippen molar-refractivity contribution in [3.05, 3.63) is 59.5 Å². The van der Waals surface area contributed by atoms with Crippen LogP contribution in [0.25, 0.3) is 11.1 Å². The molecule has 0 N–H and O–H groups in total. The molecule has 0 bridgehead atoms. The summed E-state index contributed by atoms with van der Waals surface area (Å²) in [5.41, 5.74) is 4.93. The van der Waals surface area contributed by atoms with Gasteiger partial charge in [0, 0.05) is 43.3 Å². The number of rotatable bonds is 3. The molecule has 0 saturated carbocycles. The van der Waals surface area contributed by atoms with Crippen LogP contribution in [0, 0.1) is 6.92 Å². The first-order valence-electron chi connectivity index (χ1n) is 8.22. The van der Waals surface area contributed by atoms with E-state index in [1.165, 1.54) is 11.1 Å². The molecule has 3 aromatic rings. The molecule has 2 aromatic heterocycles. The molecule has 3 heterocycles. The number of carbonyl (C=O) groups is 1. The first kappa shape index (κ1) is 15.4. The first-order chi connectivity index (χ1) is 11.7. The molecular weight excluding hydrogens is 320 g/mol. The summed E-state index contributed by atoms with van der Waals surface area (Å²) in [5, 5.41) is 0. The van der Waals surface area contributed by atoms with Gasteiger partial charge in [-0.25, -0.2) is 0 Å². The van der Waals surface area contributed by atoms with Gasteiger partial charge in [-0.05, 0) is 18.1 Å². The third kappa shape index (κ3) is 2.73. The van der Waals surface area contributed by atoms with Gasteiger partial charge < -0.3 is 13.9 Å². The maximum Gasteiger partial charge on any atom is 0.270 e. The van der Waals surface area contributed by atoms with Gasteiger partial charge in [0.15, 0.2) is 5.58 Å². The Hall–Kier alpha value is -2.14. The summed E-state index contributed by atoms with van der Waals surface area (Å²) in [5.74, 6) is 2.14. The fraction of sp³-hybridized carbons (Fsp3) is 0.316. The van der Waals surface area contributed by atoms with Gasteiger partial charge in [-0.3, -0.25) is 4.79 Å². The molecule has 0 atom stereocenters. The minimum absolute atomic E-state index is 0.107. The van der Waals surface area contributed by atoms with Crippen LogP contribution >= 0.6 is 11.8 Å². The van der Waals surface area contributed by atoms with Crippen LogP contribution in [0.1, 0.15) is 21.6 Å². The molecule has 1 fully saturated rings. The standard InChI is InChI=1S/C19H20N2O2S/c1-14-4-2-3-5-15(14)13-21-16-6-9-23-18(16)12-17(21)19(22)20-7-10-24-11-8-20/h2-6,9,12H,7-8,10-11,13H2,1H3. The Morgan fingerprint density at radius 1 is 1.21 bits per heavy atom. The van der Waals surface area contributed by atoms with E-state index < -0.39 is 0 Å². The lowest BCUT2D eigenvalue weighted by molar-refractivity contribution is 0.0762. The highest BCUT2D eigenvalue weighted by Crippen LogP contribution is 2.25. The molecule has 4 nitrogen and oxygen atoms in total. The number of hydrogen-bond acceptors (Lipinski definition) is 3. The lowest BCUT2D eigenvalue weighted by Gasteiger charge is -2.27. The SMILES string of the molecule is Cc1ccccc1Cn1c(C(=O)N2CCSCC2)cc2occc21. The third-order valence-corrected chi connectivity index (χ3v) is 5.57. The van der Waals surface area contributed by atoms with Gasteiger partial charge in [0.05, 0.1) is 11.8 Å². The summed E-state index contributed by atoms with van der Waals surface area (Å²) in [6.45, 7) is 4.43. The molecule has 1 aromatic carbocycles. The van der Waals surface area contributed by atoms with Crippen molar-refractivity contribution in [3.8, 4) is 0 Å². The van der Waals surface area contributed by atoms with Crippen LogP contribution in [-0.4, -0.2) is 40.0 Å². The Kier molecular flexibility index (Phi) is 4.10. The van der Waals surface area contributed by atoms with E-state index in [1.807, 2.05) is 40.9 Å². The summed E-state index contributed by atoms with van der Waals surface area (Å²) in [6, 6.07) is 12.1. The van der Waals surface area contributed by atoms with Crippen molar-refractivity contribution in [2.24, 2.45) is 0 Å². The molecule has 0 unspecified atom stereocenters. The average molecular weight is 340 g/mol. The molecule has 5 heteroatoms. The molecule has 0 aliphatic carbocycles. The predicted octanol–water partition coefficient (Wildman–Crippen LogP) is 3.78. The summed E-state index contributed by atoms with van der Waals surface area (Å²) >= 11 is 1.91. The smallest absolute Gasteiger partial charge is 0.270 e. The second kappa shape index (κ2) is 6.40. The number of amides is 1.